The van der Waals surface area contributed by atoms with Crippen LogP contribution in [0.5, 0.6) is 0 Å². The van der Waals surface area contributed by atoms with Gasteiger partial charge in [0.2, 0.25) is 5.91 Å². The summed E-state index contributed by atoms with van der Waals surface area (Å²) in [4.78, 5) is 26.8. The lowest BCUT2D eigenvalue weighted by atomic mass is 10.1. The van der Waals surface area contributed by atoms with E-state index < -0.39 is 0 Å². The predicted molar refractivity (Wildman–Crippen MR) is 112 cm³/mol. The molecule has 8 heteroatoms. The van der Waals surface area contributed by atoms with Gasteiger partial charge in [-0.1, -0.05) is 29.3 Å². The van der Waals surface area contributed by atoms with Crippen LogP contribution in [0.15, 0.2) is 47.3 Å². The van der Waals surface area contributed by atoms with Crippen molar-refractivity contribution in [3.05, 3.63) is 85.5 Å². The number of aromatic nitrogens is 2. The number of aryl methyl sites for hydroxylation is 1. The molecule has 2 aromatic carbocycles. The predicted octanol–water partition coefficient (Wildman–Crippen LogP) is 4.51. The SMILES string of the molecule is Cc1[nH]n(-c2ccc(F)cc2)c(=O)c1CCC(=O)N(C)Cc1ccc(Cl)cc1Cl. The highest BCUT2D eigenvalue weighted by Crippen LogP contribution is 2.22. The van der Waals surface area contributed by atoms with Crippen molar-refractivity contribution in [1.29, 1.82) is 0 Å². The third-order valence-electron chi connectivity index (χ3n) is 4.72. The van der Waals surface area contributed by atoms with Crippen LogP contribution in [0.1, 0.15) is 23.2 Å². The van der Waals surface area contributed by atoms with E-state index in [9.17, 15) is 14.0 Å². The molecule has 3 aromatic rings. The highest BCUT2D eigenvalue weighted by Gasteiger charge is 2.16. The molecule has 1 heterocycles. The first-order valence-electron chi connectivity index (χ1n) is 9.00. The average molecular weight is 436 g/mol. The van der Waals surface area contributed by atoms with Gasteiger partial charge in [-0.05, 0) is 55.3 Å². The van der Waals surface area contributed by atoms with Crippen LogP contribution in [0, 0.1) is 12.7 Å². The second-order valence-corrected chi connectivity index (χ2v) is 7.66. The van der Waals surface area contributed by atoms with Crippen LogP contribution in [0.25, 0.3) is 5.69 Å². The van der Waals surface area contributed by atoms with Gasteiger partial charge < -0.3 is 4.90 Å². The number of hydrogen-bond acceptors (Lipinski definition) is 2. The van der Waals surface area contributed by atoms with Crippen molar-refractivity contribution in [3.8, 4) is 5.69 Å². The molecule has 0 aliphatic heterocycles. The Morgan fingerprint density at radius 2 is 1.86 bits per heavy atom. The Hall–Kier alpha value is -2.57. The van der Waals surface area contributed by atoms with E-state index in [2.05, 4.69) is 5.10 Å². The van der Waals surface area contributed by atoms with E-state index in [1.165, 1.54) is 28.9 Å². The van der Waals surface area contributed by atoms with E-state index in [4.69, 9.17) is 23.2 Å². The number of aromatic amines is 1. The van der Waals surface area contributed by atoms with Crippen LogP contribution in [0.3, 0.4) is 0 Å². The van der Waals surface area contributed by atoms with Gasteiger partial charge in [0, 0.05) is 41.3 Å². The van der Waals surface area contributed by atoms with Crippen LogP contribution in [-0.4, -0.2) is 27.6 Å². The van der Waals surface area contributed by atoms with E-state index in [0.29, 0.717) is 40.0 Å². The lowest BCUT2D eigenvalue weighted by molar-refractivity contribution is -0.130. The number of rotatable bonds is 6. The minimum Gasteiger partial charge on any atom is -0.341 e. The van der Waals surface area contributed by atoms with E-state index in [1.54, 1.807) is 37.1 Å². The molecule has 0 spiro atoms. The molecule has 0 radical (unpaired) electrons. The number of hydrogen-bond donors (Lipinski definition) is 1. The summed E-state index contributed by atoms with van der Waals surface area (Å²) >= 11 is 12.1. The van der Waals surface area contributed by atoms with Gasteiger partial charge in [0.1, 0.15) is 5.82 Å². The van der Waals surface area contributed by atoms with Crippen molar-refractivity contribution >= 4 is 29.1 Å². The Morgan fingerprint density at radius 1 is 1.17 bits per heavy atom. The monoisotopic (exact) mass is 435 g/mol. The lowest BCUT2D eigenvalue weighted by Crippen LogP contribution is -2.27. The normalized spacial score (nSPS) is 10.9. The second kappa shape index (κ2) is 8.84. The topological polar surface area (TPSA) is 58.1 Å². The Morgan fingerprint density at radius 3 is 2.52 bits per heavy atom. The fourth-order valence-corrected chi connectivity index (χ4v) is 3.53. The maximum absolute atomic E-state index is 13.1. The van der Waals surface area contributed by atoms with E-state index >= 15 is 0 Å². The number of amides is 1. The summed E-state index contributed by atoms with van der Waals surface area (Å²) in [5.41, 5.74) is 2.29. The maximum Gasteiger partial charge on any atom is 0.274 e. The summed E-state index contributed by atoms with van der Waals surface area (Å²) < 4.78 is 14.5. The fourth-order valence-electron chi connectivity index (χ4n) is 3.06. The molecule has 0 saturated heterocycles. The van der Waals surface area contributed by atoms with Crippen molar-refractivity contribution in [1.82, 2.24) is 14.7 Å². The largest absolute Gasteiger partial charge is 0.341 e. The first-order chi connectivity index (χ1) is 13.8. The molecule has 1 amide bonds. The summed E-state index contributed by atoms with van der Waals surface area (Å²) in [6.07, 6.45) is 0.478. The Labute approximate surface area is 177 Å². The van der Waals surface area contributed by atoms with Gasteiger partial charge in [-0.25, -0.2) is 9.07 Å². The van der Waals surface area contributed by atoms with Crippen LogP contribution < -0.4 is 5.56 Å². The summed E-state index contributed by atoms with van der Waals surface area (Å²) in [5.74, 6) is -0.482. The van der Waals surface area contributed by atoms with Gasteiger partial charge in [0.15, 0.2) is 0 Å². The molecule has 1 aromatic heterocycles. The zero-order valence-corrected chi connectivity index (χ0v) is 17.5. The Kier molecular flexibility index (Phi) is 6.45. The molecule has 0 aliphatic carbocycles. The zero-order chi connectivity index (χ0) is 21.1. The molecule has 0 atom stereocenters. The third kappa shape index (κ3) is 4.89. The van der Waals surface area contributed by atoms with Crippen molar-refractivity contribution in [2.75, 3.05) is 7.05 Å². The summed E-state index contributed by atoms with van der Waals surface area (Å²) in [6.45, 7) is 2.12. The molecule has 29 heavy (non-hydrogen) atoms. The van der Waals surface area contributed by atoms with Gasteiger partial charge in [-0.15, -0.1) is 0 Å². The first kappa shape index (κ1) is 21.1. The van der Waals surface area contributed by atoms with Crippen LogP contribution in [0.2, 0.25) is 10.0 Å². The highest BCUT2D eigenvalue weighted by molar-refractivity contribution is 6.35. The average Bonchev–Trinajstić information content (AvgIpc) is 2.96. The quantitative estimate of drug-likeness (QED) is 0.618. The van der Waals surface area contributed by atoms with Gasteiger partial charge >= 0.3 is 0 Å². The number of benzene rings is 2. The molecule has 5 nitrogen and oxygen atoms in total. The molecule has 0 saturated carbocycles. The molecule has 0 aliphatic rings. The van der Waals surface area contributed by atoms with Gasteiger partial charge in [0.25, 0.3) is 5.56 Å². The van der Waals surface area contributed by atoms with Gasteiger partial charge in [-0.3, -0.25) is 14.7 Å². The van der Waals surface area contributed by atoms with Crippen molar-refractivity contribution in [2.45, 2.75) is 26.3 Å². The zero-order valence-electron chi connectivity index (χ0n) is 16.0. The molecule has 1 N–H and O–H groups in total. The number of halogens is 3. The highest BCUT2D eigenvalue weighted by atomic mass is 35.5. The number of carbonyl (C=O) groups excluding carboxylic acids is 1. The van der Waals surface area contributed by atoms with Crippen molar-refractivity contribution in [3.63, 3.8) is 0 Å². The second-order valence-electron chi connectivity index (χ2n) is 6.82. The number of H-pyrrole nitrogens is 1. The van der Waals surface area contributed by atoms with Crippen molar-refractivity contribution in [2.24, 2.45) is 0 Å². The lowest BCUT2D eigenvalue weighted by Gasteiger charge is -2.18. The standard InChI is InChI=1S/C21H20Cl2FN3O2/c1-13-18(21(29)27(25-13)17-7-5-16(24)6-8-17)9-10-20(28)26(2)12-14-3-4-15(22)11-19(14)23/h3-8,11,25H,9-10,12H2,1-2H3. The molecule has 3 rings (SSSR count). The van der Waals surface area contributed by atoms with Gasteiger partial charge in [0.05, 0.1) is 5.69 Å². The molecule has 0 bridgehead atoms. The Balaban J connectivity index is 1.68. The summed E-state index contributed by atoms with van der Waals surface area (Å²) in [7, 11) is 1.69. The maximum atomic E-state index is 13.1. The number of nitrogens with one attached hydrogen (secondary N) is 1. The van der Waals surface area contributed by atoms with Gasteiger partial charge in [-0.2, -0.15) is 0 Å². The smallest absolute Gasteiger partial charge is 0.274 e. The summed E-state index contributed by atoms with van der Waals surface area (Å²) in [5, 5.41) is 4.02. The van der Waals surface area contributed by atoms with Crippen molar-refractivity contribution < 1.29 is 9.18 Å². The first-order valence-corrected chi connectivity index (χ1v) is 9.76. The Bertz CT molecular complexity index is 1090. The fraction of sp³-hybridized carbons (Fsp3) is 0.238. The minimum absolute atomic E-state index is 0.107. The molecule has 0 unspecified atom stereocenters. The molecular formula is C21H20Cl2FN3O2. The van der Waals surface area contributed by atoms with Crippen LogP contribution in [-0.2, 0) is 17.8 Å². The van der Waals surface area contributed by atoms with Crippen LogP contribution >= 0.6 is 23.2 Å². The molecule has 0 fully saturated rings. The summed E-state index contributed by atoms with van der Waals surface area (Å²) in [6, 6.07) is 10.8. The van der Waals surface area contributed by atoms with E-state index in [0.717, 1.165) is 5.56 Å². The van der Waals surface area contributed by atoms with Crippen LogP contribution in [0.4, 0.5) is 4.39 Å². The minimum atomic E-state index is -0.375. The number of nitrogens with zero attached hydrogens (tertiary/aromatic N) is 2. The molecular weight excluding hydrogens is 416 g/mol. The molecule has 152 valence electrons. The van der Waals surface area contributed by atoms with E-state index in [-0.39, 0.29) is 23.7 Å². The number of carbonyl (C=O) groups is 1. The third-order valence-corrected chi connectivity index (χ3v) is 5.30. The van der Waals surface area contributed by atoms with E-state index in [1.807, 2.05) is 0 Å².